The van der Waals surface area contributed by atoms with Crippen LogP contribution in [0.5, 0.6) is 17.2 Å². The zero-order chi connectivity index (χ0) is 24.1. The second-order valence-electron chi connectivity index (χ2n) is 7.42. The standard InChI is InChI=1S/C26H27N3O4S/c1-6-32-20-10-8-19(9-11-20)27-26-29(28-18(3)24-13-7-17(2)33-24)23(16-34-26)22-15-21(30-4)12-14-25(22)31-5/h7-16H,6H2,1-5H3. The first-order valence-corrected chi connectivity index (χ1v) is 11.7. The van der Waals surface area contributed by atoms with Crippen LogP contribution in [0.25, 0.3) is 11.3 Å². The molecule has 0 radical (unpaired) electrons. The Morgan fingerprint density at radius 1 is 1.00 bits per heavy atom. The summed E-state index contributed by atoms with van der Waals surface area (Å²) in [5.74, 6) is 3.77. The van der Waals surface area contributed by atoms with E-state index in [0.29, 0.717) is 22.9 Å². The highest BCUT2D eigenvalue weighted by molar-refractivity contribution is 7.07. The van der Waals surface area contributed by atoms with E-state index in [4.69, 9.17) is 28.7 Å². The van der Waals surface area contributed by atoms with Gasteiger partial charge in [-0.1, -0.05) is 0 Å². The fraction of sp³-hybridized carbons (Fsp3) is 0.231. The Morgan fingerprint density at radius 3 is 2.41 bits per heavy atom. The molecular weight excluding hydrogens is 450 g/mol. The van der Waals surface area contributed by atoms with E-state index in [0.717, 1.165) is 39.9 Å². The number of aryl methyl sites for hydroxylation is 1. The second-order valence-corrected chi connectivity index (χ2v) is 8.25. The van der Waals surface area contributed by atoms with Crippen LogP contribution < -0.4 is 19.0 Å². The van der Waals surface area contributed by atoms with Crippen molar-refractivity contribution in [1.29, 1.82) is 0 Å². The third-order valence-electron chi connectivity index (χ3n) is 5.09. The number of aromatic nitrogens is 1. The first-order chi connectivity index (χ1) is 16.5. The SMILES string of the molecule is CCOc1ccc(N=c2scc(-c3cc(OC)ccc3OC)n2N=C(C)c2ccc(C)o2)cc1. The summed E-state index contributed by atoms with van der Waals surface area (Å²) < 4.78 is 24.2. The van der Waals surface area contributed by atoms with Gasteiger partial charge in [0.2, 0.25) is 4.80 Å². The summed E-state index contributed by atoms with van der Waals surface area (Å²) >= 11 is 1.49. The Hall–Kier alpha value is -3.78. The summed E-state index contributed by atoms with van der Waals surface area (Å²) in [7, 11) is 3.29. The van der Waals surface area contributed by atoms with E-state index >= 15 is 0 Å². The Labute approximate surface area is 202 Å². The summed E-state index contributed by atoms with van der Waals surface area (Å²) in [6, 6.07) is 17.2. The lowest BCUT2D eigenvalue weighted by Crippen LogP contribution is -2.14. The van der Waals surface area contributed by atoms with E-state index in [1.807, 2.05) is 85.4 Å². The van der Waals surface area contributed by atoms with Crippen molar-refractivity contribution >= 4 is 22.7 Å². The maximum Gasteiger partial charge on any atom is 0.211 e. The Balaban J connectivity index is 1.89. The van der Waals surface area contributed by atoms with Crippen molar-refractivity contribution in [1.82, 2.24) is 4.68 Å². The maximum absolute atomic E-state index is 5.79. The molecule has 0 aliphatic heterocycles. The lowest BCUT2D eigenvalue weighted by atomic mass is 10.1. The van der Waals surface area contributed by atoms with E-state index in [2.05, 4.69) is 0 Å². The molecule has 176 valence electrons. The molecule has 4 rings (SSSR count). The van der Waals surface area contributed by atoms with Crippen molar-refractivity contribution in [2.24, 2.45) is 10.1 Å². The zero-order valence-electron chi connectivity index (χ0n) is 19.9. The van der Waals surface area contributed by atoms with Crippen LogP contribution in [0.15, 0.2) is 74.5 Å². The molecule has 0 saturated heterocycles. The molecule has 0 aliphatic rings. The van der Waals surface area contributed by atoms with Crippen LogP contribution in [0.4, 0.5) is 5.69 Å². The molecule has 0 bridgehead atoms. The van der Waals surface area contributed by atoms with Gasteiger partial charge in [-0.3, -0.25) is 0 Å². The molecule has 0 amide bonds. The van der Waals surface area contributed by atoms with Gasteiger partial charge < -0.3 is 18.6 Å². The molecule has 0 aliphatic carbocycles. The van der Waals surface area contributed by atoms with Crippen molar-refractivity contribution in [2.75, 3.05) is 20.8 Å². The number of furan rings is 1. The van der Waals surface area contributed by atoms with Gasteiger partial charge in [0.15, 0.2) is 0 Å². The third kappa shape index (κ3) is 5.07. The molecule has 8 heteroatoms. The number of rotatable bonds is 8. The number of hydrogen-bond donors (Lipinski definition) is 0. The molecule has 0 saturated carbocycles. The van der Waals surface area contributed by atoms with Crippen molar-refractivity contribution in [2.45, 2.75) is 20.8 Å². The fourth-order valence-corrected chi connectivity index (χ4v) is 4.24. The number of thiazole rings is 1. The predicted octanol–water partition coefficient (Wildman–Crippen LogP) is 6.04. The van der Waals surface area contributed by atoms with Crippen LogP contribution >= 0.6 is 11.3 Å². The average molecular weight is 478 g/mol. The van der Waals surface area contributed by atoms with Crippen LogP contribution in [0.2, 0.25) is 0 Å². The van der Waals surface area contributed by atoms with Gasteiger partial charge in [0.1, 0.15) is 34.5 Å². The summed E-state index contributed by atoms with van der Waals surface area (Å²) in [6.07, 6.45) is 0. The smallest absolute Gasteiger partial charge is 0.211 e. The Kier molecular flexibility index (Phi) is 7.18. The highest BCUT2D eigenvalue weighted by Gasteiger charge is 2.15. The van der Waals surface area contributed by atoms with Gasteiger partial charge in [-0.2, -0.15) is 5.10 Å². The van der Waals surface area contributed by atoms with Gasteiger partial charge in [0.25, 0.3) is 0 Å². The number of benzene rings is 2. The van der Waals surface area contributed by atoms with E-state index < -0.39 is 0 Å². The van der Waals surface area contributed by atoms with E-state index in [9.17, 15) is 0 Å². The molecule has 7 nitrogen and oxygen atoms in total. The lowest BCUT2D eigenvalue weighted by molar-refractivity contribution is 0.340. The van der Waals surface area contributed by atoms with E-state index in [1.165, 1.54) is 11.3 Å². The maximum atomic E-state index is 5.79. The number of nitrogens with zero attached hydrogens (tertiary/aromatic N) is 3. The first kappa shape index (κ1) is 23.4. The molecule has 0 atom stereocenters. The highest BCUT2D eigenvalue weighted by atomic mass is 32.1. The summed E-state index contributed by atoms with van der Waals surface area (Å²) in [6.45, 7) is 6.40. The van der Waals surface area contributed by atoms with Crippen molar-refractivity contribution in [3.8, 4) is 28.5 Å². The second kappa shape index (κ2) is 10.4. The molecule has 2 aromatic heterocycles. The minimum absolute atomic E-state index is 0.618. The van der Waals surface area contributed by atoms with Crippen LogP contribution in [-0.2, 0) is 0 Å². The van der Waals surface area contributed by atoms with Gasteiger partial charge >= 0.3 is 0 Å². The zero-order valence-corrected chi connectivity index (χ0v) is 20.7. The summed E-state index contributed by atoms with van der Waals surface area (Å²) in [4.78, 5) is 5.56. The average Bonchev–Trinajstić information content (AvgIpc) is 3.46. The highest BCUT2D eigenvalue weighted by Crippen LogP contribution is 2.34. The Bertz CT molecular complexity index is 1360. The van der Waals surface area contributed by atoms with Gasteiger partial charge in [-0.15, -0.1) is 11.3 Å². The van der Waals surface area contributed by atoms with Crippen LogP contribution in [0.3, 0.4) is 0 Å². The van der Waals surface area contributed by atoms with E-state index in [1.54, 1.807) is 14.2 Å². The van der Waals surface area contributed by atoms with Gasteiger partial charge in [-0.25, -0.2) is 9.67 Å². The topological polar surface area (TPSA) is 70.5 Å². The number of ether oxygens (including phenoxy) is 3. The van der Waals surface area contributed by atoms with Gasteiger partial charge in [0, 0.05) is 10.9 Å². The molecule has 2 aromatic carbocycles. The largest absolute Gasteiger partial charge is 0.497 e. The van der Waals surface area contributed by atoms with Crippen molar-refractivity contribution in [3.63, 3.8) is 0 Å². The molecule has 4 aromatic rings. The predicted molar refractivity (Wildman–Crippen MR) is 135 cm³/mol. The molecule has 0 spiro atoms. The Morgan fingerprint density at radius 2 is 1.76 bits per heavy atom. The molecular formula is C26H27N3O4S. The van der Waals surface area contributed by atoms with E-state index in [-0.39, 0.29) is 0 Å². The number of methoxy groups -OCH3 is 2. The molecule has 34 heavy (non-hydrogen) atoms. The lowest BCUT2D eigenvalue weighted by Gasteiger charge is -2.11. The van der Waals surface area contributed by atoms with Gasteiger partial charge in [0.05, 0.1) is 32.2 Å². The minimum Gasteiger partial charge on any atom is -0.497 e. The quantitative estimate of drug-likeness (QED) is 0.290. The van der Waals surface area contributed by atoms with Crippen molar-refractivity contribution in [3.05, 3.63) is 76.3 Å². The molecule has 0 N–H and O–H groups in total. The fourth-order valence-electron chi connectivity index (χ4n) is 3.40. The molecule has 0 unspecified atom stereocenters. The first-order valence-electron chi connectivity index (χ1n) is 10.8. The normalized spacial score (nSPS) is 12.1. The summed E-state index contributed by atoms with van der Waals surface area (Å²) in [5, 5.41) is 6.90. The van der Waals surface area contributed by atoms with Crippen molar-refractivity contribution < 1.29 is 18.6 Å². The van der Waals surface area contributed by atoms with Crippen LogP contribution in [-0.4, -0.2) is 31.2 Å². The monoisotopic (exact) mass is 477 g/mol. The minimum atomic E-state index is 0.618. The molecule has 2 heterocycles. The third-order valence-corrected chi connectivity index (χ3v) is 5.90. The molecule has 0 fully saturated rings. The number of hydrogen-bond acceptors (Lipinski definition) is 7. The van der Waals surface area contributed by atoms with Crippen LogP contribution in [0.1, 0.15) is 25.4 Å². The van der Waals surface area contributed by atoms with Gasteiger partial charge in [-0.05, 0) is 75.4 Å². The van der Waals surface area contributed by atoms with Crippen LogP contribution in [0, 0.1) is 6.92 Å². The summed E-state index contributed by atoms with van der Waals surface area (Å²) in [5.41, 5.74) is 3.19.